The van der Waals surface area contributed by atoms with Gasteiger partial charge < -0.3 is 10.2 Å². The predicted molar refractivity (Wildman–Crippen MR) is 26.9 cm³/mol. The number of hydrogen-bond acceptors (Lipinski definition) is 2. The van der Waals surface area contributed by atoms with Crippen molar-refractivity contribution in [3.8, 4) is 0 Å². The second-order valence-corrected chi connectivity index (χ2v) is 1.40. The van der Waals surface area contributed by atoms with Crippen molar-refractivity contribution in [1.82, 2.24) is 0 Å². The Morgan fingerprint density at radius 1 is 1.22 bits per heavy atom. The highest BCUT2D eigenvalue weighted by Gasteiger charge is 2.18. The van der Waals surface area contributed by atoms with Gasteiger partial charge in [-0.3, -0.25) is 14.3 Å². The lowest BCUT2D eigenvalue weighted by Gasteiger charge is -1.94. The molecular formula is C4H7FO4. The molecule has 0 atom stereocenters. The van der Waals surface area contributed by atoms with E-state index in [1.165, 1.54) is 0 Å². The van der Waals surface area contributed by atoms with E-state index in [4.69, 9.17) is 10.2 Å². The third-order valence-electron chi connectivity index (χ3n) is 0.741. The summed E-state index contributed by atoms with van der Waals surface area (Å²) < 4.78 is 0. The van der Waals surface area contributed by atoms with E-state index in [9.17, 15) is 9.59 Å². The van der Waals surface area contributed by atoms with Crippen molar-refractivity contribution in [3.05, 3.63) is 0 Å². The van der Waals surface area contributed by atoms with Crippen LogP contribution >= 0.6 is 0 Å². The van der Waals surface area contributed by atoms with Gasteiger partial charge in [-0.2, -0.15) is 0 Å². The van der Waals surface area contributed by atoms with E-state index in [-0.39, 0.29) is 4.70 Å². The largest absolute Gasteiger partial charge is 0.481 e. The number of aliphatic carboxylic acids is 2. The lowest BCUT2D eigenvalue weighted by atomic mass is 10.2. The maximum Gasteiger partial charge on any atom is 0.317 e. The van der Waals surface area contributed by atoms with Crippen LogP contribution in [0.1, 0.15) is 6.92 Å². The third kappa shape index (κ3) is 3.45. The number of carbonyl (C=O) groups is 2. The van der Waals surface area contributed by atoms with Gasteiger partial charge in [0, 0.05) is 0 Å². The minimum Gasteiger partial charge on any atom is -0.481 e. The smallest absolute Gasteiger partial charge is 0.317 e. The van der Waals surface area contributed by atoms with E-state index >= 15 is 0 Å². The lowest BCUT2D eigenvalue weighted by Crippen LogP contribution is -2.19. The molecule has 0 aliphatic rings. The maximum atomic E-state index is 9.76. The van der Waals surface area contributed by atoms with Gasteiger partial charge in [0.1, 0.15) is 0 Å². The molecule has 0 saturated heterocycles. The van der Waals surface area contributed by atoms with Crippen molar-refractivity contribution in [2.45, 2.75) is 6.92 Å². The normalized spacial score (nSPS) is 8.22. The molecular weight excluding hydrogens is 131 g/mol. The molecule has 2 N–H and O–H groups in total. The van der Waals surface area contributed by atoms with Crippen LogP contribution in [0.3, 0.4) is 0 Å². The average molecular weight is 138 g/mol. The Morgan fingerprint density at radius 2 is 1.44 bits per heavy atom. The third-order valence-corrected chi connectivity index (χ3v) is 0.741. The molecule has 0 bridgehead atoms. The Kier molecular flexibility index (Phi) is 4.58. The van der Waals surface area contributed by atoms with Crippen molar-refractivity contribution >= 4 is 11.9 Å². The summed E-state index contributed by atoms with van der Waals surface area (Å²) in [6, 6.07) is 0. The van der Waals surface area contributed by atoms with E-state index in [1.807, 2.05) is 0 Å². The summed E-state index contributed by atoms with van der Waals surface area (Å²) in [6.45, 7) is 1.12. The Balaban J connectivity index is 0. The Hall–Kier alpha value is -1.13. The molecule has 0 saturated carbocycles. The highest BCUT2D eigenvalue weighted by atomic mass is 19.0. The van der Waals surface area contributed by atoms with Crippen molar-refractivity contribution in [2.75, 3.05) is 0 Å². The fourth-order valence-electron chi connectivity index (χ4n) is 0.106. The van der Waals surface area contributed by atoms with Gasteiger partial charge in [-0.1, -0.05) is 0 Å². The van der Waals surface area contributed by atoms with Gasteiger partial charge >= 0.3 is 11.9 Å². The molecule has 0 heterocycles. The summed E-state index contributed by atoms with van der Waals surface area (Å²) in [5.74, 6) is -3.91. The van der Waals surface area contributed by atoms with Crippen LogP contribution < -0.4 is 0 Å². The maximum absolute atomic E-state index is 9.76. The van der Waals surface area contributed by atoms with Crippen molar-refractivity contribution in [1.29, 1.82) is 0 Å². The second-order valence-electron chi connectivity index (χ2n) is 1.40. The summed E-state index contributed by atoms with van der Waals surface area (Å²) in [7, 11) is 0. The van der Waals surface area contributed by atoms with Crippen molar-refractivity contribution in [3.63, 3.8) is 0 Å². The number of halogens is 1. The molecule has 0 aromatic carbocycles. The van der Waals surface area contributed by atoms with Crippen LogP contribution in [-0.4, -0.2) is 22.2 Å². The quantitative estimate of drug-likeness (QED) is 0.524. The molecule has 0 aliphatic carbocycles. The summed E-state index contributed by atoms with van der Waals surface area (Å²) in [4.78, 5) is 19.5. The van der Waals surface area contributed by atoms with Crippen molar-refractivity contribution < 1.29 is 24.5 Å². The molecule has 0 aromatic heterocycles. The van der Waals surface area contributed by atoms with Crippen LogP contribution in [0.25, 0.3) is 0 Å². The van der Waals surface area contributed by atoms with Gasteiger partial charge in [-0.25, -0.2) is 0 Å². The molecule has 4 nitrogen and oxygen atoms in total. The standard InChI is InChI=1S/C4H6O4.FH/c1-2(3(5)6)4(7)8;/h2H,1H3,(H,5,6)(H,7,8);1H. The van der Waals surface area contributed by atoms with E-state index in [1.54, 1.807) is 0 Å². The summed E-state index contributed by atoms with van der Waals surface area (Å²) >= 11 is 0. The number of carboxylic acids is 2. The van der Waals surface area contributed by atoms with Crippen LogP contribution in [0.15, 0.2) is 0 Å². The van der Waals surface area contributed by atoms with Gasteiger partial charge in [0.2, 0.25) is 0 Å². The number of rotatable bonds is 2. The first kappa shape index (κ1) is 10.8. The fraction of sp³-hybridized carbons (Fsp3) is 0.500. The van der Waals surface area contributed by atoms with E-state index in [0.717, 1.165) is 6.92 Å². The second kappa shape index (κ2) is 3.82. The van der Waals surface area contributed by atoms with Crippen LogP contribution in [0.4, 0.5) is 4.70 Å². The van der Waals surface area contributed by atoms with E-state index in [2.05, 4.69) is 0 Å². The molecule has 0 radical (unpaired) electrons. The van der Waals surface area contributed by atoms with E-state index in [0.29, 0.717) is 0 Å². The molecule has 0 amide bonds. The zero-order chi connectivity index (χ0) is 6.73. The van der Waals surface area contributed by atoms with Crippen LogP contribution in [0.5, 0.6) is 0 Å². The first-order chi connectivity index (χ1) is 3.55. The minimum atomic E-state index is -1.31. The van der Waals surface area contributed by atoms with Crippen LogP contribution in [-0.2, 0) is 9.59 Å². The molecule has 0 fully saturated rings. The average Bonchev–Trinajstić information content (AvgIpc) is 1.64. The molecule has 5 heteroatoms. The van der Waals surface area contributed by atoms with Crippen molar-refractivity contribution in [2.24, 2.45) is 5.92 Å². The Labute approximate surface area is 50.5 Å². The Bertz CT molecular complexity index is 108. The molecule has 0 aliphatic heterocycles. The number of hydrogen-bond donors (Lipinski definition) is 2. The SMILES string of the molecule is CC(C(=O)O)C(=O)O.F. The molecule has 0 spiro atoms. The molecule has 0 unspecified atom stereocenters. The molecule has 0 rings (SSSR count). The summed E-state index contributed by atoms with van der Waals surface area (Å²) in [6.07, 6.45) is 0. The molecule has 54 valence electrons. The first-order valence-electron chi connectivity index (χ1n) is 2.01. The van der Waals surface area contributed by atoms with Gasteiger partial charge in [-0.15, -0.1) is 0 Å². The highest BCUT2D eigenvalue weighted by molar-refractivity contribution is 5.92. The zero-order valence-corrected chi connectivity index (χ0v) is 4.70. The van der Waals surface area contributed by atoms with Crippen LogP contribution in [0, 0.1) is 5.92 Å². The first-order valence-corrected chi connectivity index (χ1v) is 2.01. The number of carboxylic acid groups (broad SMARTS) is 2. The zero-order valence-electron chi connectivity index (χ0n) is 4.70. The summed E-state index contributed by atoms with van der Waals surface area (Å²) in [5, 5.41) is 15.9. The van der Waals surface area contributed by atoms with Crippen LogP contribution in [0.2, 0.25) is 0 Å². The van der Waals surface area contributed by atoms with Gasteiger partial charge in [0.25, 0.3) is 0 Å². The van der Waals surface area contributed by atoms with Gasteiger partial charge in [0.15, 0.2) is 5.92 Å². The Morgan fingerprint density at radius 3 is 1.44 bits per heavy atom. The fourth-order valence-corrected chi connectivity index (χ4v) is 0.106. The monoisotopic (exact) mass is 138 g/mol. The topological polar surface area (TPSA) is 74.6 Å². The lowest BCUT2D eigenvalue weighted by molar-refractivity contribution is -0.153. The van der Waals surface area contributed by atoms with Gasteiger partial charge in [-0.05, 0) is 6.92 Å². The van der Waals surface area contributed by atoms with E-state index < -0.39 is 17.9 Å². The minimum absolute atomic E-state index is 0. The predicted octanol–water partition coefficient (Wildman–Crippen LogP) is -0.0558. The molecule has 9 heavy (non-hydrogen) atoms. The van der Waals surface area contributed by atoms with Gasteiger partial charge in [0.05, 0.1) is 0 Å². The summed E-state index contributed by atoms with van der Waals surface area (Å²) in [5.41, 5.74) is 0. The molecule has 0 aromatic rings. The highest BCUT2D eigenvalue weighted by Crippen LogP contribution is 1.91.